The van der Waals surface area contributed by atoms with Crippen LogP contribution in [0.15, 0.2) is 18.2 Å². The van der Waals surface area contributed by atoms with Gasteiger partial charge in [0.1, 0.15) is 0 Å². The van der Waals surface area contributed by atoms with Crippen molar-refractivity contribution in [3.8, 4) is 0 Å². The van der Waals surface area contributed by atoms with Crippen LogP contribution < -0.4 is 5.32 Å². The van der Waals surface area contributed by atoms with E-state index in [1.807, 2.05) is 12.1 Å². The largest absolute Gasteiger partial charge is 0.382 e. The number of nitrogens with one attached hydrogen (secondary N) is 1. The first kappa shape index (κ1) is 12.7. The number of hydrogen-bond donors (Lipinski definition) is 1. The van der Waals surface area contributed by atoms with Crippen molar-refractivity contribution in [1.82, 2.24) is 0 Å². The molecule has 0 spiro atoms. The smallest absolute Gasteiger partial charge is 0.0590 e. The van der Waals surface area contributed by atoms with Crippen LogP contribution in [0, 0.1) is 6.92 Å². The minimum atomic E-state index is 0.403. The zero-order chi connectivity index (χ0) is 12.3. The number of benzene rings is 1. The highest BCUT2D eigenvalue weighted by molar-refractivity contribution is 6.31. The first-order valence-electron chi connectivity index (χ1n) is 6.25. The maximum absolute atomic E-state index is 6.12. The molecule has 17 heavy (non-hydrogen) atoms. The summed E-state index contributed by atoms with van der Waals surface area (Å²) in [6.45, 7) is 2.06. The van der Waals surface area contributed by atoms with E-state index in [0.29, 0.717) is 12.1 Å². The van der Waals surface area contributed by atoms with Gasteiger partial charge in [-0.1, -0.05) is 17.7 Å². The highest BCUT2D eigenvalue weighted by Gasteiger charge is 2.21. The second kappa shape index (κ2) is 5.74. The summed E-state index contributed by atoms with van der Waals surface area (Å²) in [7, 11) is 1.80. The Labute approximate surface area is 108 Å². The minimum absolute atomic E-state index is 0.403. The van der Waals surface area contributed by atoms with E-state index < -0.39 is 0 Å². The van der Waals surface area contributed by atoms with Gasteiger partial charge in [-0.25, -0.2) is 0 Å². The van der Waals surface area contributed by atoms with Crippen molar-refractivity contribution in [1.29, 1.82) is 0 Å². The summed E-state index contributed by atoms with van der Waals surface area (Å²) >= 11 is 6.12. The molecule has 0 aliphatic heterocycles. The van der Waals surface area contributed by atoms with Crippen molar-refractivity contribution in [3.63, 3.8) is 0 Å². The summed E-state index contributed by atoms with van der Waals surface area (Å²) in [5.74, 6) is 0. The molecule has 1 aliphatic carbocycles. The number of anilines is 1. The van der Waals surface area contributed by atoms with E-state index in [0.717, 1.165) is 22.7 Å². The fourth-order valence-electron chi connectivity index (χ4n) is 2.47. The lowest BCUT2D eigenvalue weighted by molar-refractivity contribution is 0.0669. The highest BCUT2D eigenvalue weighted by atomic mass is 35.5. The van der Waals surface area contributed by atoms with Crippen molar-refractivity contribution >= 4 is 17.3 Å². The van der Waals surface area contributed by atoms with Crippen LogP contribution in [0.5, 0.6) is 0 Å². The molecule has 0 bridgehead atoms. The summed E-state index contributed by atoms with van der Waals surface area (Å²) in [6.07, 6.45) is 5.12. The molecule has 2 nitrogen and oxygen atoms in total. The molecule has 0 saturated heterocycles. The molecule has 0 heterocycles. The Morgan fingerprint density at radius 2 is 2.18 bits per heavy atom. The third-order valence-electron chi connectivity index (χ3n) is 3.59. The molecule has 0 amide bonds. The van der Waals surface area contributed by atoms with Crippen LogP contribution >= 0.6 is 11.6 Å². The molecule has 1 aliphatic rings. The van der Waals surface area contributed by atoms with Crippen LogP contribution in [0.2, 0.25) is 5.02 Å². The average Bonchev–Trinajstić information content (AvgIpc) is 2.35. The summed E-state index contributed by atoms with van der Waals surface area (Å²) in [5, 5.41) is 4.42. The third kappa shape index (κ3) is 3.14. The topological polar surface area (TPSA) is 21.3 Å². The van der Waals surface area contributed by atoms with Crippen molar-refractivity contribution in [2.45, 2.75) is 44.8 Å². The minimum Gasteiger partial charge on any atom is -0.382 e. The quantitative estimate of drug-likeness (QED) is 0.879. The van der Waals surface area contributed by atoms with Gasteiger partial charge in [-0.3, -0.25) is 0 Å². The van der Waals surface area contributed by atoms with Gasteiger partial charge in [0.05, 0.1) is 6.10 Å². The monoisotopic (exact) mass is 253 g/mol. The number of rotatable bonds is 3. The van der Waals surface area contributed by atoms with E-state index in [9.17, 15) is 0 Å². The van der Waals surface area contributed by atoms with E-state index in [1.165, 1.54) is 19.3 Å². The van der Waals surface area contributed by atoms with E-state index in [2.05, 4.69) is 18.3 Å². The van der Waals surface area contributed by atoms with Gasteiger partial charge in [0.15, 0.2) is 0 Å². The van der Waals surface area contributed by atoms with Crippen LogP contribution in [0.25, 0.3) is 0 Å². The predicted octanol–water partition coefficient (Wildman–Crippen LogP) is 4.02. The summed E-state index contributed by atoms with van der Waals surface area (Å²) in [6, 6.07) is 6.53. The predicted molar refractivity (Wildman–Crippen MR) is 72.9 cm³/mol. The Balaban J connectivity index is 2.02. The van der Waals surface area contributed by atoms with Gasteiger partial charge in [-0.2, -0.15) is 0 Å². The second-order valence-electron chi connectivity index (χ2n) is 4.78. The molecule has 1 aromatic rings. The van der Waals surface area contributed by atoms with Crippen LogP contribution in [-0.2, 0) is 4.74 Å². The molecule has 1 saturated carbocycles. The zero-order valence-electron chi connectivity index (χ0n) is 10.5. The van der Waals surface area contributed by atoms with Gasteiger partial charge < -0.3 is 10.1 Å². The number of methoxy groups -OCH3 is 1. The van der Waals surface area contributed by atoms with E-state index in [4.69, 9.17) is 16.3 Å². The first-order valence-corrected chi connectivity index (χ1v) is 6.63. The van der Waals surface area contributed by atoms with Gasteiger partial charge >= 0.3 is 0 Å². The molecule has 2 unspecified atom stereocenters. The van der Waals surface area contributed by atoms with Crippen molar-refractivity contribution in [3.05, 3.63) is 28.8 Å². The van der Waals surface area contributed by atoms with Gasteiger partial charge in [0.25, 0.3) is 0 Å². The van der Waals surface area contributed by atoms with Crippen LogP contribution in [0.1, 0.15) is 31.2 Å². The Kier molecular flexibility index (Phi) is 4.30. The third-order valence-corrected chi connectivity index (χ3v) is 4.00. The molecule has 1 N–H and O–H groups in total. The van der Waals surface area contributed by atoms with E-state index in [-0.39, 0.29) is 0 Å². The van der Waals surface area contributed by atoms with Gasteiger partial charge in [-0.15, -0.1) is 0 Å². The molecule has 0 radical (unpaired) electrons. The Morgan fingerprint density at radius 3 is 2.94 bits per heavy atom. The molecule has 1 fully saturated rings. The second-order valence-corrected chi connectivity index (χ2v) is 5.19. The molecule has 2 atom stereocenters. The van der Waals surface area contributed by atoms with E-state index in [1.54, 1.807) is 7.11 Å². The number of hydrogen-bond acceptors (Lipinski definition) is 2. The maximum atomic E-state index is 6.12. The summed E-state index contributed by atoms with van der Waals surface area (Å²) in [5.41, 5.74) is 2.29. The summed E-state index contributed by atoms with van der Waals surface area (Å²) in [4.78, 5) is 0. The van der Waals surface area contributed by atoms with Gasteiger partial charge in [-0.05, 0) is 50.3 Å². The standard InChI is InChI=1S/C14H20ClNO/c1-10-13(15)7-4-8-14(10)16-11-5-3-6-12(9-11)17-2/h4,7-8,11-12,16H,3,5-6,9H2,1-2H3. The molecule has 2 rings (SSSR count). The van der Waals surface area contributed by atoms with Crippen molar-refractivity contribution in [2.24, 2.45) is 0 Å². The van der Waals surface area contributed by atoms with Crippen LogP contribution in [0.3, 0.4) is 0 Å². The average molecular weight is 254 g/mol. The molecule has 0 aromatic heterocycles. The lowest BCUT2D eigenvalue weighted by Gasteiger charge is -2.30. The maximum Gasteiger partial charge on any atom is 0.0590 e. The molecule has 1 aromatic carbocycles. The lowest BCUT2D eigenvalue weighted by Crippen LogP contribution is -2.31. The van der Waals surface area contributed by atoms with Crippen LogP contribution in [0.4, 0.5) is 5.69 Å². The Hall–Kier alpha value is -0.730. The summed E-state index contributed by atoms with van der Waals surface area (Å²) < 4.78 is 5.45. The van der Waals surface area contributed by atoms with Gasteiger partial charge in [0, 0.05) is 23.9 Å². The van der Waals surface area contributed by atoms with Crippen molar-refractivity contribution in [2.75, 3.05) is 12.4 Å². The zero-order valence-corrected chi connectivity index (χ0v) is 11.3. The van der Waals surface area contributed by atoms with E-state index >= 15 is 0 Å². The SMILES string of the molecule is COC1CCCC(Nc2cccc(Cl)c2C)C1. The normalized spacial score (nSPS) is 24.6. The Bertz CT molecular complexity index is 380. The number of halogens is 1. The molecule has 3 heteroatoms. The van der Waals surface area contributed by atoms with Crippen molar-refractivity contribution < 1.29 is 4.74 Å². The fourth-order valence-corrected chi connectivity index (χ4v) is 2.65. The first-order chi connectivity index (χ1) is 8.20. The van der Waals surface area contributed by atoms with Crippen LogP contribution in [-0.4, -0.2) is 19.3 Å². The Morgan fingerprint density at radius 1 is 1.35 bits per heavy atom. The molecular formula is C14H20ClNO. The highest BCUT2D eigenvalue weighted by Crippen LogP contribution is 2.28. The number of ether oxygens (including phenoxy) is 1. The molecular weight excluding hydrogens is 234 g/mol. The van der Waals surface area contributed by atoms with Gasteiger partial charge in [0.2, 0.25) is 0 Å². The fraction of sp³-hybridized carbons (Fsp3) is 0.571. The molecule has 94 valence electrons. The lowest BCUT2D eigenvalue weighted by atomic mass is 9.92.